The minimum Gasteiger partial charge on any atom is -0.338 e. The fourth-order valence-corrected chi connectivity index (χ4v) is 2.00. The zero-order valence-corrected chi connectivity index (χ0v) is 12.4. The van der Waals surface area contributed by atoms with Crippen LogP contribution < -0.4 is 5.32 Å². The maximum Gasteiger partial charge on any atom is 0.258 e. The summed E-state index contributed by atoms with van der Waals surface area (Å²) in [5.41, 5.74) is 2.82. The van der Waals surface area contributed by atoms with Gasteiger partial charge in [-0.25, -0.2) is 4.98 Å². The SMILES string of the molecule is CCCc1cc(C(=O)Nc2onc(C)c2C)cc(Cl)n1. The predicted octanol–water partition coefficient (Wildman–Crippen LogP) is 3.54. The summed E-state index contributed by atoms with van der Waals surface area (Å²) >= 11 is 5.94. The third-order valence-electron chi connectivity index (χ3n) is 3.00. The maximum absolute atomic E-state index is 12.2. The Morgan fingerprint density at radius 2 is 2.15 bits per heavy atom. The van der Waals surface area contributed by atoms with E-state index in [-0.39, 0.29) is 5.91 Å². The number of halogens is 1. The van der Waals surface area contributed by atoms with Gasteiger partial charge in [0.2, 0.25) is 5.88 Å². The Balaban J connectivity index is 2.22. The molecule has 0 atom stereocenters. The summed E-state index contributed by atoms with van der Waals surface area (Å²) in [5.74, 6) is 0.0726. The molecule has 0 unspecified atom stereocenters. The average Bonchev–Trinajstić information content (AvgIpc) is 2.70. The van der Waals surface area contributed by atoms with Crippen LogP contribution in [0.3, 0.4) is 0 Å². The van der Waals surface area contributed by atoms with Crippen molar-refractivity contribution < 1.29 is 9.32 Å². The van der Waals surface area contributed by atoms with Crippen molar-refractivity contribution in [3.8, 4) is 0 Å². The molecule has 0 saturated heterocycles. The quantitative estimate of drug-likeness (QED) is 0.875. The molecule has 106 valence electrons. The van der Waals surface area contributed by atoms with Crippen LogP contribution in [0.15, 0.2) is 16.7 Å². The molecule has 6 heteroatoms. The van der Waals surface area contributed by atoms with Crippen LogP contribution in [0, 0.1) is 13.8 Å². The zero-order valence-electron chi connectivity index (χ0n) is 11.7. The first-order valence-corrected chi connectivity index (χ1v) is 6.79. The highest BCUT2D eigenvalue weighted by Crippen LogP contribution is 2.19. The van der Waals surface area contributed by atoms with E-state index in [0.717, 1.165) is 29.8 Å². The standard InChI is InChI=1S/C14H16ClN3O2/c1-4-5-11-6-10(7-12(15)16-11)13(19)17-14-8(2)9(3)18-20-14/h6-7H,4-5H2,1-3H3,(H,17,19). The monoisotopic (exact) mass is 293 g/mol. The molecule has 2 heterocycles. The number of carbonyl (C=O) groups is 1. The maximum atomic E-state index is 12.2. The van der Waals surface area contributed by atoms with Crippen LogP contribution >= 0.6 is 11.6 Å². The first-order chi connectivity index (χ1) is 9.51. The van der Waals surface area contributed by atoms with E-state index in [9.17, 15) is 4.79 Å². The molecule has 20 heavy (non-hydrogen) atoms. The number of anilines is 1. The summed E-state index contributed by atoms with van der Waals surface area (Å²) in [6.45, 7) is 5.70. The number of aromatic nitrogens is 2. The van der Waals surface area contributed by atoms with Crippen molar-refractivity contribution in [2.45, 2.75) is 33.6 Å². The van der Waals surface area contributed by atoms with Gasteiger partial charge in [-0.2, -0.15) is 0 Å². The zero-order chi connectivity index (χ0) is 14.7. The summed E-state index contributed by atoms with van der Waals surface area (Å²) in [7, 11) is 0. The molecule has 0 radical (unpaired) electrons. The molecule has 2 rings (SSSR count). The molecular formula is C14H16ClN3O2. The van der Waals surface area contributed by atoms with Crippen LogP contribution in [-0.2, 0) is 6.42 Å². The Kier molecular flexibility index (Phi) is 4.39. The van der Waals surface area contributed by atoms with Gasteiger partial charge in [0.05, 0.1) is 5.69 Å². The van der Waals surface area contributed by atoms with Gasteiger partial charge in [-0.05, 0) is 32.4 Å². The van der Waals surface area contributed by atoms with E-state index in [4.69, 9.17) is 16.1 Å². The normalized spacial score (nSPS) is 10.6. The molecular weight excluding hydrogens is 278 g/mol. The molecule has 0 bridgehead atoms. The van der Waals surface area contributed by atoms with Gasteiger partial charge in [0.1, 0.15) is 5.15 Å². The van der Waals surface area contributed by atoms with Gasteiger partial charge in [0, 0.05) is 16.8 Å². The summed E-state index contributed by atoms with van der Waals surface area (Å²) in [6, 6.07) is 3.28. The lowest BCUT2D eigenvalue weighted by atomic mass is 10.1. The lowest BCUT2D eigenvalue weighted by Gasteiger charge is -2.05. The summed E-state index contributed by atoms with van der Waals surface area (Å²) in [5, 5.41) is 6.80. The van der Waals surface area contributed by atoms with E-state index < -0.39 is 0 Å². The second-order valence-electron chi connectivity index (χ2n) is 4.60. The number of aryl methyl sites for hydroxylation is 2. The van der Waals surface area contributed by atoms with Crippen LogP contribution in [0.2, 0.25) is 5.15 Å². The molecule has 2 aromatic rings. The third-order valence-corrected chi connectivity index (χ3v) is 3.19. The van der Waals surface area contributed by atoms with Gasteiger partial charge in [0.15, 0.2) is 0 Å². The highest BCUT2D eigenvalue weighted by molar-refractivity contribution is 6.29. The van der Waals surface area contributed by atoms with Gasteiger partial charge in [-0.15, -0.1) is 0 Å². The van der Waals surface area contributed by atoms with Crippen molar-refractivity contribution in [3.05, 3.63) is 39.8 Å². The number of hydrogen-bond acceptors (Lipinski definition) is 4. The minimum atomic E-state index is -0.286. The van der Waals surface area contributed by atoms with E-state index in [0.29, 0.717) is 16.6 Å². The van der Waals surface area contributed by atoms with Crippen LogP contribution in [0.4, 0.5) is 5.88 Å². The summed E-state index contributed by atoms with van der Waals surface area (Å²) in [4.78, 5) is 16.4. The first-order valence-electron chi connectivity index (χ1n) is 6.42. The Morgan fingerprint density at radius 3 is 2.75 bits per heavy atom. The highest BCUT2D eigenvalue weighted by atomic mass is 35.5. The van der Waals surface area contributed by atoms with Gasteiger partial charge < -0.3 is 4.52 Å². The number of hydrogen-bond donors (Lipinski definition) is 1. The van der Waals surface area contributed by atoms with Crippen LogP contribution in [-0.4, -0.2) is 16.0 Å². The van der Waals surface area contributed by atoms with Crippen LogP contribution in [0.25, 0.3) is 0 Å². The highest BCUT2D eigenvalue weighted by Gasteiger charge is 2.14. The van der Waals surface area contributed by atoms with Crippen LogP contribution in [0.1, 0.15) is 40.7 Å². The first kappa shape index (κ1) is 14.5. The largest absolute Gasteiger partial charge is 0.338 e. The van der Waals surface area contributed by atoms with Crippen molar-refractivity contribution in [2.24, 2.45) is 0 Å². The smallest absolute Gasteiger partial charge is 0.258 e. The topological polar surface area (TPSA) is 68.0 Å². The van der Waals surface area contributed by atoms with Crippen molar-refractivity contribution >= 4 is 23.4 Å². The summed E-state index contributed by atoms with van der Waals surface area (Å²) < 4.78 is 5.06. The number of nitrogens with zero attached hydrogens (tertiary/aromatic N) is 2. The lowest BCUT2D eigenvalue weighted by Crippen LogP contribution is -2.13. The van der Waals surface area contributed by atoms with E-state index in [1.165, 1.54) is 6.07 Å². The van der Waals surface area contributed by atoms with E-state index in [1.807, 2.05) is 20.8 Å². The lowest BCUT2D eigenvalue weighted by molar-refractivity contribution is 0.102. The van der Waals surface area contributed by atoms with E-state index in [2.05, 4.69) is 15.5 Å². The molecule has 5 nitrogen and oxygen atoms in total. The molecule has 0 saturated carbocycles. The molecule has 0 aliphatic carbocycles. The van der Waals surface area contributed by atoms with Gasteiger partial charge in [-0.3, -0.25) is 10.1 Å². The second-order valence-corrected chi connectivity index (χ2v) is 4.98. The third kappa shape index (κ3) is 3.17. The van der Waals surface area contributed by atoms with Crippen LogP contribution in [0.5, 0.6) is 0 Å². The van der Waals surface area contributed by atoms with Gasteiger partial charge in [0.25, 0.3) is 5.91 Å². The fraction of sp³-hybridized carbons (Fsp3) is 0.357. The number of carbonyl (C=O) groups excluding carboxylic acids is 1. The predicted molar refractivity (Wildman–Crippen MR) is 77.2 cm³/mol. The van der Waals surface area contributed by atoms with Crippen molar-refractivity contribution in [2.75, 3.05) is 5.32 Å². The Morgan fingerprint density at radius 1 is 1.40 bits per heavy atom. The number of amides is 1. The van der Waals surface area contributed by atoms with E-state index >= 15 is 0 Å². The Labute approximate surface area is 122 Å². The molecule has 0 aromatic carbocycles. The molecule has 2 aromatic heterocycles. The van der Waals surface area contributed by atoms with Crippen molar-refractivity contribution in [1.29, 1.82) is 0 Å². The fourth-order valence-electron chi connectivity index (χ4n) is 1.77. The van der Waals surface area contributed by atoms with Gasteiger partial charge in [-0.1, -0.05) is 30.1 Å². The summed E-state index contributed by atoms with van der Waals surface area (Å²) in [6.07, 6.45) is 1.72. The van der Waals surface area contributed by atoms with Gasteiger partial charge >= 0.3 is 0 Å². The number of pyridine rings is 1. The molecule has 0 fully saturated rings. The molecule has 0 aliphatic heterocycles. The molecule has 0 spiro atoms. The van der Waals surface area contributed by atoms with Crippen molar-refractivity contribution in [1.82, 2.24) is 10.1 Å². The number of rotatable bonds is 4. The van der Waals surface area contributed by atoms with Crippen molar-refractivity contribution in [3.63, 3.8) is 0 Å². The molecule has 0 aliphatic rings. The Hall–Kier alpha value is -1.88. The van der Waals surface area contributed by atoms with E-state index in [1.54, 1.807) is 6.07 Å². The average molecular weight is 294 g/mol. The second kappa shape index (κ2) is 6.05. The molecule has 1 N–H and O–H groups in total. The Bertz CT molecular complexity index is 637. The number of nitrogens with one attached hydrogen (secondary N) is 1. The minimum absolute atomic E-state index is 0.286. The molecule has 1 amide bonds.